The smallest absolute Gasteiger partial charge is 0.304 e. The highest BCUT2D eigenvalue weighted by Gasteiger charge is 2.28. The van der Waals surface area contributed by atoms with E-state index < -0.39 is 28.8 Å². The third kappa shape index (κ3) is 9.16. The minimum Gasteiger partial charge on any atom is -0.481 e. The van der Waals surface area contributed by atoms with E-state index in [4.69, 9.17) is 0 Å². The molecule has 2 amide bonds. The van der Waals surface area contributed by atoms with Crippen molar-refractivity contribution in [3.63, 3.8) is 0 Å². The number of aromatic amines is 1. The third-order valence-corrected chi connectivity index (χ3v) is 8.46. The number of rotatable bonds is 16. The van der Waals surface area contributed by atoms with Crippen molar-refractivity contribution in [3.8, 4) is 11.1 Å². The molecule has 0 aliphatic rings. The number of nitro groups is 1. The summed E-state index contributed by atoms with van der Waals surface area (Å²) in [5.74, 6) is -2.69. The number of H-pyrrole nitrogens is 1. The lowest BCUT2D eigenvalue weighted by molar-refractivity contribution is -0.384. The summed E-state index contributed by atoms with van der Waals surface area (Å²) in [6.07, 6.45) is 3.90. The molecule has 0 radical (unpaired) electrons. The number of carbonyl (C=O) groups excluding carboxylic acids is 2. The quantitative estimate of drug-likeness (QED) is 0.0735. The van der Waals surface area contributed by atoms with Crippen LogP contribution in [0.4, 0.5) is 5.69 Å². The van der Waals surface area contributed by atoms with Crippen molar-refractivity contribution in [3.05, 3.63) is 136 Å². The number of nitro benzene ring substituents is 1. The molecule has 5 rings (SSSR count). The van der Waals surface area contributed by atoms with Crippen LogP contribution in [-0.4, -0.2) is 45.4 Å². The summed E-state index contributed by atoms with van der Waals surface area (Å²) >= 11 is 0. The number of carbonyl (C=O) groups is 3. The van der Waals surface area contributed by atoms with E-state index in [0.717, 1.165) is 38.7 Å². The van der Waals surface area contributed by atoms with Crippen LogP contribution in [0.1, 0.15) is 36.0 Å². The number of carboxylic acid groups (broad SMARTS) is 1. The van der Waals surface area contributed by atoms with Gasteiger partial charge in [-0.05, 0) is 71.7 Å². The van der Waals surface area contributed by atoms with Crippen LogP contribution in [0.25, 0.3) is 22.0 Å². The Bertz CT molecular complexity index is 1850. The Balaban J connectivity index is 1.22. The van der Waals surface area contributed by atoms with Gasteiger partial charge in [-0.25, -0.2) is 0 Å². The summed E-state index contributed by atoms with van der Waals surface area (Å²) in [7, 11) is 0. The lowest BCUT2D eigenvalue weighted by atomic mass is 9.94. The van der Waals surface area contributed by atoms with E-state index >= 15 is 0 Å². The summed E-state index contributed by atoms with van der Waals surface area (Å²) in [4.78, 5) is 52.6. The average molecular weight is 647 g/mol. The van der Waals surface area contributed by atoms with Crippen molar-refractivity contribution in [2.45, 2.75) is 44.6 Å². The van der Waals surface area contributed by atoms with Gasteiger partial charge in [0.1, 0.15) is 6.04 Å². The van der Waals surface area contributed by atoms with Crippen molar-refractivity contribution in [1.29, 1.82) is 0 Å². The Morgan fingerprint density at radius 1 is 0.792 bits per heavy atom. The summed E-state index contributed by atoms with van der Waals surface area (Å²) < 4.78 is 0. The Hall–Kier alpha value is -5.77. The van der Waals surface area contributed by atoms with Crippen LogP contribution in [0.3, 0.4) is 0 Å². The first-order valence-corrected chi connectivity index (χ1v) is 16.0. The molecule has 10 nitrogen and oxygen atoms in total. The van der Waals surface area contributed by atoms with E-state index in [9.17, 15) is 29.6 Å². The molecule has 246 valence electrons. The molecule has 1 aromatic heterocycles. The summed E-state index contributed by atoms with van der Waals surface area (Å²) in [6, 6.07) is 30.8. The van der Waals surface area contributed by atoms with E-state index in [0.29, 0.717) is 32.2 Å². The van der Waals surface area contributed by atoms with Gasteiger partial charge in [-0.3, -0.25) is 24.5 Å². The molecule has 4 aromatic carbocycles. The Morgan fingerprint density at radius 3 is 2.12 bits per heavy atom. The van der Waals surface area contributed by atoms with Crippen molar-refractivity contribution in [2.75, 3.05) is 6.54 Å². The third-order valence-electron chi connectivity index (χ3n) is 8.46. The lowest BCUT2D eigenvalue weighted by Crippen LogP contribution is -2.50. The fourth-order valence-electron chi connectivity index (χ4n) is 5.85. The molecule has 0 aliphatic heterocycles. The number of aryl methyl sites for hydroxylation is 1. The van der Waals surface area contributed by atoms with Crippen LogP contribution in [0.15, 0.2) is 109 Å². The second-order valence-electron chi connectivity index (χ2n) is 11.8. The summed E-state index contributed by atoms with van der Waals surface area (Å²) in [6.45, 7) is 0.393. The van der Waals surface area contributed by atoms with Gasteiger partial charge in [-0.2, -0.15) is 0 Å². The lowest BCUT2D eigenvalue weighted by Gasteiger charge is -2.22. The Kier molecular flexibility index (Phi) is 11.3. The second kappa shape index (κ2) is 16.2. The number of hydrogen-bond acceptors (Lipinski definition) is 5. The van der Waals surface area contributed by atoms with Crippen LogP contribution >= 0.6 is 0 Å². The highest BCUT2D eigenvalue weighted by atomic mass is 16.6. The SMILES string of the molecule is O=C(O)C[C@@H](CCCc1ccc(-c2ccc([N+](=O)[O-])cc2)cc1)C(=O)N[C@@H](Cc1c[nH]c2ccccc12)C(=O)NCCc1ccccc1. The number of carboxylic acids is 1. The number of fused-ring (bicyclic) bond motifs is 1. The Morgan fingerprint density at radius 2 is 1.44 bits per heavy atom. The van der Waals surface area contributed by atoms with Crippen LogP contribution in [0.5, 0.6) is 0 Å². The van der Waals surface area contributed by atoms with E-state index in [1.807, 2.05) is 85.1 Å². The van der Waals surface area contributed by atoms with Gasteiger partial charge in [-0.1, -0.05) is 72.8 Å². The Labute approximate surface area is 278 Å². The molecule has 1 heterocycles. The van der Waals surface area contributed by atoms with Crippen LogP contribution < -0.4 is 10.6 Å². The normalized spacial score (nSPS) is 12.2. The number of amides is 2. The monoisotopic (exact) mass is 646 g/mol. The summed E-state index contributed by atoms with van der Waals surface area (Å²) in [5.41, 5.74) is 5.70. The number of aromatic nitrogens is 1. The highest BCUT2D eigenvalue weighted by Crippen LogP contribution is 2.24. The minimum absolute atomic E-state index is 0.0308. The number of non-ortho nitro benzene ring substituents is 1. The first-order valence-electron chi connectivity index (χ1n) is 16.0. The molecule has 0 saturated heterocycles. The van der Waals surface area contributed by atoms with Gasteiger partial charge in [0, 0.05) is 48.1 Å². The number of hydrogen-bond donors (Lipinski definition) is 4. The average Bonchev–Trinajstić information content (AvgIpc) is 3.50. The molecule has 10 heteroatoms. The summed E-state index contributed by atoms with van der Waals surface area (Å²) in [5, 5.41) is 27.4. The van der Waals surface area contributed by atoms with E-state index in [1.54, 1.807) is 12.1 Å². The molecule has 0 saturated carbocycles. The number of aliphatic carboxylic acids is 1. The molecule has 0 bridgehead atoms. The zero-order valence-electron chi connectivity index (χ0n) is 26.4. The van der Waals surface area contributed by atoms with E-state index in [-0.39, 0.29) is 24.4 Å². The number of benzene rings is 4. The molecule has 0 unspecified atom stereocenters. The van der Waals surface area contributed by atoms with Crippen LogP contribution in [0.2, 0.25) is 0 Å². The van der Waals surface area contributed by atoms with Crippen LogP contribution in [-0.2, 0) is 33.6 Å². The predicted octanol–water partition coefficient (Wildman–Crippen LogP) is 6.24. The van der Waals surface area contributed by atoms with Crippen molar-refractivity contribution >= 4 is 34.4 Å². The zero-order chi connectivity index (χ0) is 33.9. The molecule has 48 heavy (non-hydrogen) atoms. The van der Waals surface area contributed by atoms with E-state index in [2.05, 4.69) is 15.6 Å². The minimum atomic E-state index is -1.08. The molecule has 0 aliphatic carbocycles. The first kappa shape index (κ1) is 33.6. The van der Waals surface area contributed by atoms with Crippen molar-refractivity contribution < 1.29 is 24.4 Å². The molecule has 0 spiro atoms. The van der Waals surface area contributed by atoms with Gasteiger partial charge in [0.2, 0.25) is 11.8 Å². The molecule has 4 N–H and O–H groups in total. The number of nitrogens with zero attached hydrogens (tertiary/aromatic N) is 1. The van der Waals surface area contributed by atoms with Gasteiger partial charge in [0.25, 0.3) is 5.69 Å². The van der Waals surface area contributed by atoms with Crippen LogP contribution in [0, 0.1) is 16.0 Å². The van der Waals surface area contributed by atoms with Gasteiger partial charge >= 0.3 is 5.97 Å². The fraction of sp³-hybridized carbons (Fsp3) is 0.237. The molecule has 5 aromatic rings. The van der Waals surface area contributed by atoms with Gasteiger partial charge in [0.05, 0.1) is 11.3 Å². The van der Waals surface area contributed by atoms with E-state index in [1.165, 1.54) is 12.1 Å². The standard InChI is InChI=1S/C38H38N4O6/c43-36(44)24-30(10-6-9-27-13-15-28(16-14-27)29-17-19-32(20-18-29)42(47)48)37(45)41-35(23-31-25-40-34-12-5-4-11-33(31)34)38(46)39-22-21-26-7-2-1-3-8-26/h1-5,7-8,11-20,25,30,35,40H,6,9-10,21-24H2,(H,39,46)(H,41,45)(H,43,44)/t30-,35+/m1/s1. The maximum atomic E-state index is 13.6. The maximum absolute atomic E-state index is 13.6. The van der Waals surface area contributed by atoms with Gasteiger partial charge in [-0.15, -0.1) is 0 Å². The molecule has 2 atom stereocenters. The number of para-hydroxylation sites is 1. The molecular weight excluding hydrogens is 608 g/mol. The largest absolute Gasteiger partial charge is 0.481 e. The van der Waals surface area contributed by atoms with Crippen molar-refractivity contribution in [2.24, 2.45) is 5.92 Å². The predicted molar refractivity (Wildman–Crippen MR) is 184 cm³/mol. The first-order chi connectivity index (χ1) is 23.3. The maximum Gasteiger partial charge on any atom is 0.304 e. The molecular formula is C38H38N4O6. The fourth-order valence-corrected chi connectivity index (χ4v) is 5.85. The highest BCUT2D eigenvalue weighted by molar-refractivity contribution is 5.91. The van der Waals surface area contributed by atoms with Gasteiger partial charge < -0.3 is 20.7 Å². The topological polar surface area (TPSA) is 154 Å². The zero-order valence-corrected chi connectivity index (χ0v) is 26.4. The van der Waals surface area contributed by atoms with Crippen molar-refractivity contribution in [1.82, 2.24) is 15.6 Å². The molecule has 0 fully saturated rings. The second-order valence-corrected chi connectivity index (χ2v) is 11.8. The van der Waals surface area contributed by atoms with Gasteiger partial charge in [0.15, 0.2) is 0 Å². The number of nitrogens with one attached hydrogen (secondary N) is 3.